The average Bonchev–Trinajstić information content (AvgIpc) is 2.82. The monoisotopic (exact) mass is 535 g/mol. The molecule has 0 saturated carbocycles. The fourth-order valence-corrected chi connectivity index (χ4v) is 5.10. The highest BCUT2D eigenvalue weighted by Crippen LogP contribution is 2.29. The van der Waals surface area contributed by atoms with Crippen molar-refractivity contribution in [2.24, 2.45) is 0 Å². The van der Waals surface area contributed by atoms with E-state index < -0.39 is 28.5 Å². The van der Waals surface area contributed by atoms with Crippen LogP contribution in [0.25, 0.3) is 0 Å². The van der Waals surface area contributed by atoms with Crippen LogP contribution in [-0.4, -0.2) is 50.5 Å². The Morgan fingerprint density at radius 3 is 2.25 bits per heavy atom. The molecule has 0 spiro atoms. The summed E-state index contributed by atoms with van der Waals surface area (Å²) in [4.78, 5) is 28.3. The molecule has 0 saturated heterocycles. The van der Waals surface area contributed by atoms with Crippen LogP contribution in [0.2, 0.25) is 5.02 Å². The summed E-state index contributed by atoms with van der Waals surface area (Å²) < 4.78 is 26.9. The van der Waals surface area contributed by atoms with Crippen molar-refractivity contribution in [1.82, 2.24) is 10.2 Å². The molecular formula is C27H38ClN3O4S. The Labute approximate surface area is 220 Å². The molecule has 0 heterocycles. The van der Waals surface area contributed by atoms with Gasteiger partial charge in [-0.1, -0.05) is 82.1 Å². The number of anilines is 1. The lowest BCUT2D eigenvalue weighted by molar-refractivity contribution is -0.140. The van der Waals surface area contributed by atoms with Crippen LogP contribution >= 0.6 is 11.6 Å². The first-order valence-electron chi connectivity index (χ1n) is 12.4. The van der Waals surface area contributed by atoms with Crippen LogP contribution in [0.1, 0.15) is 64.0 Å². The smallest absolute Gasteiger partial charge is 0.244 e. The molecule has 7 nitrogen and oxygen atoms in total. The van der Waals surface area contributed by atoms with Crippen molar-refractivity contribution in [3.63, 3.8) is 0 Å². The van der Waals surface area contributed by atoms with Gasteiger partial charge in [-0.05, 0) is 42.0 Å². The standard InChI is InChI=1S/C27H38ClN3O4S/c1-6-8-17-29-27(33)24(7-2)30(18-21-13-9-11-15-23(21)28)26(32)19-31(36(5,34)35)25-16-12-10-14-22(25)20(3)4/h9-16,20,24H,6-8,17-19H2,1-5H3,(H,29,33)/t24-/m1/s1. The maximum Gasteiger partial charge on any atom is 0.244 e. The van der Waals surface area contributed by atoms with Gasteiger partial charge >= 0.3 is 0 Å². The Bertz CT molecular complexity index is 1140. The molecule has 198 valence electrons. The maximum absolute atomic E-state index is 13.8. The topological polar surface area (TPSA) is 86.8 Å². The fraction of sp³-hybridized carbons (Fsp3) is 0.481. The summed E-state index contributed by atoms with van der Waals surface area (Å²) in [6.07, 6.45) is 3.21. The van der Waals surface area contributed by atoms with Crippen LogP contribution in [0.4, 0.5) is 5.69 Å². The van der Waals surface area contributed by atoms with Gasteiger partial charge in [0.1, 0.15) is 12.6 Å². The molecule has 1 atom stereocenters. The minimum atomic E-state index is -3.79. The van der Waals surface area contributed by atoms with Crippen molar-refractivity contribution < 1.29 is 18.0 Å². The van der Waals surface area contributed by atoms with E-state index in [4.69, 9.17) is 11.6 Å². The Morgan fingerprint density at radius 1 is 1.03 bits per heavy atom. The number of para-hydroxylation sites is 1. The third kappa shape index (κ3) is 7.96. The van der Waals surface area contributed by atoms with Gasteiger partial charge in [0.05, 0.1) is 11.9 Å². The zero-order valence-electron chi connectivity index (χ0n) is 21.8. The molecule has 9 heteroatoms. The summed E-state index contributed by atoms with van der Waals surface area (Å²) in [5, 5.41) is 3.39. The fourth-order valence-electron chi connectivity index (χ4n) is 4.03. The molecule has 2 amide bonds. The van der Waals surface area contributed by atoms with Gasteiger partial charge in [0.15, 0.2) is 0 Å². The number of carbonyl (C=O) groups is 2. The van der Waals surface area contributed by atoms with E-state index in [-0.39, 0.29) is 18.4 Å². The van der Waals surface area contributed by atoms with Crippen LogP contribution in [0, 0.1) is 0 Å². The second kappa shape index (κ2) is 13.7. The van der Waals surface area contributed by atoms with E-state index >= 15 is 0 Å². The summed E-state index contributed by atoms with van der Waals surface area (Å²) in [5.74, 6) is -0.691. The van der Waals surface area contributed by atoms with Gasteiger partial charge in [0.25, 0.3) is 0 Å². The molecule has 0 aliphatic rings. The van der Waals surface area contributed by atoms with Gasteiger partial charge in [0, 0.05) is 18.1 Å². The van der Waals surface area contributed by atoms with Gasteiger partial charge in [-0.3, -0.25) is 13.9 Å². The van der Waals surface area contributed by atoms with Crippen molar-refractivity contribution >= 4 is 39.1 Å². The first-order chi connectivity index (χ1) is 17.0. The maximum atomic E-state index is 13.8. The van der Waals surface area contributed by atoms with E-state index in [0.717, 1.165) is 29.0 Å². The molecule has 2 aromatic carbocycles. The molecule has 0 aliphatic carbocycles. The molecule has 0 aliphatic heterocycles. The normalized spacial score (nSPS) is 12.3. The van der Waals surface area contributed by atoms with Crippen molar-refractivity contribution in [1.29, 1.82) is 0 Å². The summed E-state index contributed by atoms with van der Waals surface area (Å²) in [6.45, 7) is 7.98. The van der Waals surface area contributed by atoms with E-state index in [1.165, 1.54) is 4.90 Å². The van der Waals surface area contributed by atoms with Gasteiger partial charge in [-0.25, -0.2) is 8.42 Å². The summed E-state index contributed by atoms with van der Waals surface area (Å²) in [7, 11) is -3.79. The summed E-state index contributed by atoms with van der Waals surface area (Å²) in [5.41, 5.74) is 1.96. The van der Waals surface area contributed by atoms with Crippen LogP contribution in [-0.2, 0) is 26.2 Å². The minimum Gasteiger partial charge on any atom is -0.354 e. The summed E-state index contributed by atoms with van der Waals surface area (Å²) in [6, 6.07) is 13.5. The van der Waals surface area contributed by atoms with Crippen LogP contribution < -0.4 is 9.62 Å². The number of nitrogens with one attached hydrogen (secondary N) is 1. The van der Waals surface area contributed by atoms with Crippen molar-refractivity contribution in [2.45, 2.75) is 65.5 Å². The number of hydrogen-bond acceptors (Lipinski definition) is 4. The van der Waals surface area contributed by atoms with Crippen LogP contribution in [0.15, 0.2) is 48.5 Å². The largest absolute Gasteiger partial charge is 0.354 e. The van der Waals surface area contributed by atoms with Gasteiger partial charge in [0.2, 0.25) is 21.8 Å². The van der Waals surface area contributed by atoms with E-state index in [9.17, 15) is 18.0 Å². The zero-order valence-corrected chi connectivity index (χ0v) is 23.4. The molecule has 0 unspecified atom stereocenters. The van der Waals surface area contributed by atoms with E-state index in [2.05, 4.69) is 5.32 Å². The van der Waals surface area contributed by atoms with E-state index in [1.54, 1.807) is 30.3 Å². The lowest BCUT2D eigenvalue weighted by Gasteiger charge is -2.33. The molecule has 0 aromatic heterocycles. The first-order valence-corrected chi connectivity index (χ1v) is 14.6. The number of nitrogens with zero attached hydrogens (tertiary/aromatic N) is 2. The van der Waals surface area contributed by atoms with Crippen LogP contribution in [0.5, 0.6) is 0 Å². The SMILES string of the molecule is CCCCNC(=O)[C@@H](CC)N(Cc1ccccc1Cl)C(=O)CN(c1ccccc1C(C)C)S(C)(=O)=O. The summed E-state index contributed by atoms with van der Waals surface area (Å²) >= 11 is 6.39. The molecule has 0 radical (unpaired) electrons. The number of hydrogen-bond donors (Lipinski definition) is 1. The average molecular weight is 536 g/mol. The third-order valence-corrected chi connectivity index (χ3v) is 7.52. The number of amides is 2. The number of carbonyl (C=O) groups excluding carboxylic acids is 2. The van der Waals surface area contributed by atoms with Crippen LogP contribution in [0.3, 0.4) is 0 Å². The Kier molecular flexibility index (Phi) is 11.2. The second-order valence-electron chi connectivity index (χ2n) is 9.16. The van der Waals surface area contributed by atoms with Gasteiger partial charge in [-0.2, -0.15) is 0 Å². The van der Waals surface area contributed by atoms with E-state index in [0.29, 0.717) is 29.2 Å². The molecule has 36 heavy (non-hydrogen) atoms. The lowest BCUT2D eigenvalue weighted by Crippen LogP contribution is -2.52. The quantitative estimate of drug-likeness (QED) is 0.367. The number of unbranched alkanes of at least 4 members (excludes halogenated alkanes) is 1. The van der Waals surface area contributed by atoms with Gasteiger partial charge in [-0.15, -0.1) is 0 Å². The number of rotatable bonds is 13. The minimum absolute atomic E-state index is 0.0486. The molecule has 2 rings (SSSR count). The highest BCUT2D eigenvalue weighted by molar-refractivity contribution is 7.92. The Hall–Kier alpha value is -2.58. The van der Waals surface area contributed by atoms with Crippen molar-refractivity contribution in [3.8, 4) is 0 Å². The lowest BCUT2D eigenvalue weighted by atomic mass is 10.0. The molecule has 0 bridgehead atoms. The molecule has 2 aromatic rings. The highest BCUT2D eigenvalue weighted by Gasteiger charge is 2.32. The predicted octanol–water partition coefficient (Wildman–Crippen LogP) is 4.95. The van der Waals surface area contributed by atoms with Crippen molar-refractivity contribution in [2.75, 3.05) is 23.7 Å². The number of benzene rings is 2. The highest BCUT2D eigenvalue weighted by atomic mass is 35.5. The second-order valence-corrected chi connectivity index (χ2v) is 11.5. The molecule has 1 N–H and O–H groups in total. The Morgan fingerprint density at radius 2 is 1.67 bits per heavy atom. The zero-order chi connectivity index (χ0) is 26.9. The Balaban J connectivity index is 2.48. The van der Waals surface area contributed by atoms with Crippen molar-refractivity contribution in [3.05, 3.63) is 64.7 Å². The number of sulfonamides is 1. The molecular weight excluding hydrogens is 498 g/mol. The predicted molar refractivity (Wildman–Crippen MR) is 147 cm³/mol. The third-order valence-electron chi connectivity index (χ3n) is 6.02. The van der Waals surface area contributed by atoms with E-state index in [1.807, 2.05) is 45.9 Å². The number of halogens is 1. The molecule has 0 fully saturated rings. The van der Waals surface area contributed by atoms with Gasteiger partial charge < -0.3 is 10.2 Å². The first kappa shape index (κ1) is 29.6.